The number of aliphatic hydroxyl groups is 4. The highest BCUT2D eigenvalue weighted by Gasteiger charge is 2.38. The van der Waals surface area contributed by atoms with E-state index in [-0.39, 0.29) is 12.6 Å². The van der Waals surface area contributed by atoms with E-state index < -0.39 is 54.2 Å². The molecule has 1 heterocycles. The third kappa shape index (κ3) is 3.61. The van der Waals surface area contributed by atoms with Crippen molar-refractivity contribution in [3.63, 3.8) is 0 Å². The van der Waals surface area contributed by atoms with E-state index in [2.05, 4.69) is 4.99 Å². The van der Waals surface area contributed by atoms with Gasteiger partial charge in [0, 0.05) is 7.05 Å². The van der Waals surface area contributed by atoms with Gasteiger partial charge in [0.15, 0.2) is 17.5 Å². The average Bonchev–Trinajstić information content (AvgIpc) is 2.94. The van der Waals surface area contributed by atoms with Gasteiger partial charge in [-0.1, -0.05) is 0 Å². The number of amidine groups is 1. The van der Waals surface area contributed by atoms with E-state index in [1.54, 1.807) is 0 Å². The zero-order valence-electron chi connectivity index (χ0n) is 12.6. The molecule has 0 saturated carbocycles. The second-order valence-electron chi connectivity index (χ2n) is 5.36. The molecule has 134 valence electrons. The highest BCUT2D eigenvalue weighted by atomic mass is 19.2. The molecule has 1 aromatic rings. The summed E-state index contributed by atoms with van der Waals surface area (Å²) < 4.78 is 45.0. The topological polar surface area (TPSA) is 106 Å². The standard InChI is InChI=1S/C14H17F3N2O5/c1-19-4-9(13(23)12(22)8(21)5-20)24-14(19)18-7-3-2-6(15)10(16)11(7)17/h2-3,8-9,12-13,20-23H,4-5H2,1H3/t8-,9?,12+,13-/m1/s1. The zero-order valence-corrected chi connectivity index (χ0v) is 12.6. The summed E-state index contributed by atoms with van der Waals surface area (Å²) >= 11 is 0. The molecular formula is C14H17F3N2O5. The van der Waals surface area contributed by atoms with E-state index in [4.69, 9.17) is 9.84 Å². The molecule has 0 radical (unpaired) electrons. The fourth-order valence-corrected chi connectivity index (χ4v) is 2.16. The molecule has 0 aliphatic carbocycles. The molecule has 1 aromatic carbocycles. The van der Waals surface area contributed by atoms with Crippen molar-refractivity contribution in [2.24, 2.45) is 4.99 Å². The number of halogens is 3. The van der Waals surface area contributed by atoms with Gasteiger partial charge in [-0.05, 0) is 12.1 Å². The van der Waals surface area contributed by atoms with Crippen molar-refractivity contribution >= 4 is 11.7 Å². The third-order valence-corrected chi connectivity index (χ3v) is 3.58. The Kier molecular flexibility index (Phi) is 5.65. The van der Waals surface area contributed by atoms with Crippen LogP contribution in [0.3, 0.4) is 0 Å². The average molecular weight is 350 g/mol. The van der Waals surface area contributed by atoms with Crippen molar-refractivity contribution in [1.82, 2.24) is 4.90 Å². The van der Waals surface area contributed by atoms with Crippen LogP contribution in [-0.4, -0.2) is 76.0 Å². The smallest absolute Gasteiger partial charge is 0.292 e. The predicted octanol–water partition coefficient (Wildman–Crippen LogP) is -0.503. The number of nitrogens with zero attached hydrogens (tertiary/aromatic N) is 2. The summed E-state index contributed by atoms with van der Waals surface area (Å²) in [6.45, 7) is -0.734. The lowest BCUT2D eigenvalue weighted by molar-refractivity contribution is -0.106. The Morgan fingerprint density at radius 2 is 1.92 bits per heavy atom. The van der Waals surface area contributed by atoms with E-state index in [0.717, 1.165) is 6.07 Å². The minimum Gasteiger partial charge on any atom is -0.457 e. The first kappa shape index (κ1) is 18.5. The summed E-state index contributed by atoms with van der Waals surface area (Å²) in [5.41, 5.74) is -0.498. The van der Waals surface area contributed by atoms with Gasteiger partial charge >= 0.3 is 0 Å². The number of rotatable bonds is 5. The van der Waals surface area contributed by atoms with Gasteiger partial charge in [0.05, 0.1) is 13.2 Å². The maximum atomic E-state index is 13.6. The Labute approximate surface area is 135 Å². The summed E-state index contributed by atoms with van der Waals surface area (Å²) in [7, 11) is 1.48. The fraction of sp³-hybridized carbons (Fsp3) is 0.500. The molecule has 0 spiro atoms. The van der Waals surface area contributed by atoms with Crippen LogP contribution in [0.25, 0.3) is 0 Å². The lowest BCUT2D eigenvalue weighted by Gasteiger charge is -2.24. The number of benzene rings is 1. The van der Waals surface area contributed by atoms with Gasteiger partial charge in [-0.3, -0.25) is 0 Å². The normalized spacial score (nSPS) is 23.2. The monoisotopic (exact) mass is 350 g/mol. The molecule has 24 heavy (non-hydrogen) atoms. The second kappa shape index (κ2) is 7.34. The van der Waals surface area contributed by atoms with Crippen molar-refractivity contribution in [2.45, 2.75) is 24.4 Å². The van der Waals surface area contributed by atoms with Crippen molar-refractivity contribution in [3.8, 4) is 0 Å². The van der Waals surface area contributed by atoms with Crippen molar-refractivity contribution in [3.05, 3.63) is 29.6 Å². The van der Waals surface area contributed by atoms with E-state index >= 15 is 0 Å². The van der Waals surface area contributed by atoms with Crippen LogP contribution in [0.1, 0.15) is 0 Å². The van der Waals surface area contributed by atoms with Gasteiger partial charge < -0.3 is 30.1 Å². The SMILES string of the molecule is CN1CC([C@@H](O)[C@@H](O)[C@H](O)CO)OC1=Nc1ccc(F)c(F)c1F. The first-order valence-corrected chi connectivity index (χ1v) is 7.01. The van der Waals surface area contributed by atoms with Crippen LogP contribution >= 0.6 is 0 Å². The summed E-state index contributed by atoms with van der Waals surface area (Å²) in [5.74, 6) is -4.51. The lowest BCUT2D eigenvalue weighted by Crippen LogP contribution is -2.47. The number of aliphatic hydroxyl groups excluding tert-OH is 4. The van der Waals surface area contributed by atoms with Crippen LogP contribution in [0, 0.1) is 17.5 Å². The highest BCUT2D eigenvalue weighted by Crippen LogP contribution is 2.25. The van der Waals surface area contributed by atoms with Gasteiger partial charge in [0.2, 0.25) is 0 Å². The summed E-state index contributed by atoms with van der Waals surface area (Å²) in [6, 6.07) is 1.45. The maximum Gasteiger partial charge on any atom is 0.292 e. The van der Waals surface area contributed by atoms with Crippen molar-refractivity contribution in [1.29, 1.82) is 0 Å². The maximum absolute atomic E-state index is 13.6. The molecule has 1 unspecified atom stereocenters. The molecule has 10 heteroatoms. The Bertz CT molecular complexity index is 631. The molecule has 7 nitrogen and oxygen atoms in total. The van der Waals surface area contributed by atoms with Crippen LogP contribution in [0.15, 0.2) is 17.1 Å². The largest absolute Gasteiger partial charge is 0.457 e. The molecule has 0 amide bonds. The van der Waals surface area contributed by atoms with E-state index in [9.17, 15) is 28.5 Å². The van der Waals surface area contributed by atoms with Crippen molar-refractivity contribution in [2.75, 3.05) is 20.2 Å². The summed E-state index contributed by atoms with van der Waals surface area (Å²) in [5, 5.41) is 37.7. The molecule has 1 aliphatic rings. The van der Waals surface area contributed by atoms with E-state index in [1.165, 1.54) is 11.9 Å². The minimum atomic E-state index is -1.67. The Morgan fingerprint density at radius 3 is 2.54 bits per heavy atom. The number of hydrogen-bond donors (Lipinski definition) is 4. The van der Waals surface area contributed by atoms with Gasteiger partial charge in [0.1, 0.15) is 30.1 Å². The highest BCUT2D eigenvalue weighted by molar-refractivity contribution is 5.79. The first-order chi connectivity index (χ1) is 11.3. The summed E-state index contributed by atoms with van der Waals surface area (Å²) in [6.07, 6.45) is -5.83. The Hall–Kier alpha value is -1.88. The summed E-state index contributed by atoms with van der Waals surface area (Å²) in [4.78, 5) is 5.09. The number of ether oxygens (including phenoxy) is 1. The van der Waals surface area contributed by atoms with Gasteiger partial charge in [-0.25, -0.2) is 13.2 Å². The molecule has 1 aliphatic heterocycles. The first-order valence-electron chi connectivity index (χ1n) is 7.01. The van der Waals surface area contributed by atoms with Crippen LogP contribution in [0.5, 0.6) is 0 Å². The Balaban J connectivity index is 2.18. The van der Waals surface area contributed by atoms with Crippen LogP contribution in [-0.2, 0) is 4.74 Å². The lowest BCUT2D eigenvalue weighted by atomic mass is 10.0. The molecule has 1 saturated heterocycles. The van der Waals surface area contributed by atoms with Crippen LogP contribution in [0.2, 0.25) is 0 Å². The van der Waals surface area contributed by atoms with Crippen molar-refractivity contribution < 1.29 is 38.3 Å². The molecule has 0 bridgehead atoms. The van der Waals surface area contributed by atoms with Gasteiger partial charge in [0.25, 0.3) is 6.02 Å². The van der Waals surface area contributed by atoms with E-state index in [0.29, 0.717) is 6.07 Å². The molecule has 4 N–H and O–H groups in total. The number of aliphatic imine (C=N–C) groups is 1. The van der Waals surface area contributed by atoms with Gasteiger partial charge in [-0.15, -0.1) is 0 Å². The third-order valence-electron chi connectivity index (χ3n) is 3.58. The molecule has 2 rings (SSSR count). The molecule has 1 fully saturated rings. The van der Waals surface area contributed by atoms with Gasteiger partial charge in [-0.2, -0.15) is 4.99 Å². The molecule has 0 aromatic heterocycles. The minimum absolute atomic E-state index is 0.0283. The van der Waals surface area contributed by atoms with Crippen LogP contribution < -0.4 is 0 Å². The fourth-order valence-electron chi connectivity index (χ4n) is 2.16. The van der Waals surface area contributed by atoms with Crippen LogP contribution in [0.4, 0.5) is 18.9 Å². The number of likely N-dealkylation sites (N-methyl/N-ethyl adjacent to an activating group) is 1. The Morgan fingerprint density at radius 1 is 1.25 bits per heavy atom. The van der Waals surface area contributed by atoms with E-state index in [1.807, 2.05) is 0 Å². The molecular weight excluding hydrogens is 333 g/mol. The quantitative estimate of drug-likeness (QED) is 0.534. The zero-order chi connectivity index (χ0) is 18.0. The molecule has 4 atom stereocenters. The second-order valence-corrected chi connectivity index (χ2v) is 5.36. The predicted molar refractivity (Wildman–Crippen MR) is 76.0 cm³/mol. The number of hydrogen-bond acceptors (Lipinski definition) is 6.